The summed E-state index contributed by atoms with van der Waals surface area (Å²) in [6.07, 6.45) is 2.02. The van der Waals surface area contributed by atoms with Crippen LogP contribution in [0.1, 0.15) is 24.0 Å². The molecule has 0 amide bonds. The summed E-state index contributed by atoms with van der Waals surface area (Å²) in [5.41, 5.74) is 0.0855. The largest absolute Gasteiger partial charge is 0.216 e. The van der Waals surface area contributed by atoms with Gasteiger partial charge in [0.25, 0.3) is 0 Å². The lowest BCUT2D eigenvalue weighted by atomic mass is 10.1. The van der Waals surface area contributed by atoms with Crippen molar-refractivity contribution in [1.82, 2.24) is 4.72 Å². The van der Waals surface area contributed by atoms with Gasteiger partial charge < -0.3 is 0 Å². The van der Waals surface area contributed by atoms with Crippen molar-refractivity contribution in [3.8, 4) is 0 Å². The molecule has 3 nitrogen and oxygen atoms in total. The van der Waals surface area contributed by atoms with Gasteiger partial charge in [0.15, 0.2) is 0 Å². The van der Waals surface area contributed by atoms with Gasteiger partial charge in [0, 0.05) is 11.1 Å². The topological polar surface area (TPSA) is 46.2 Å². The van der Waals surface area contributed by atoms with Crippen molar-refractivity contribution < 1.29 is 17.2 Å². The fraction of sp³-hybridized carbons (Fsp3) is 0.294. The maximum atomic E-state index is 13.6. The Balaban J connectivity index is 1.74. The fourth-order valence-corrected chi connectivity index (χ4v) is 4.34. The zero-order valence-electron chi connectivity index (χ0n) is 12.4. The highest BCUT2D eigenvalue weighted by Gasteiger charge is 2.45. The van der Waals surface area contributed by atoms with Crippen molar-refractivity contribution in [1.29, 1.82) is 0 Å². The first kappa shape index (κ1) is 16.1. The summed E-state index contributed by atoms with van der Waals surface area (Å²) in [5.74, 6) is -2.38. The Bertz CT molecular complexity index is 782. The Hall–Kier alpha value is -1.79. The van der Waals surface area contributed by atoms with Crippen molar-refractivity contribution in [3.63, 3.8) is 0 Å². The van der Waals surface area contributed by atoms with Crippen LogP contribution in [0, 0.1) is 11.6 Å². The Morgan fingerprint density at radius 3 is 2.13 bits per heavy atom. The average Bonchev–Trinajstić information content (AvgIpc) is 3.22. The van der Waals surface area contributed by atoms with E-state index in [1.165, 1.54) is 6.07 Å². The van der Waals surface area contributed by atoms with Crippen LogP contribution in [0.4, 0.5) is 8.78 Å². The van der Waals surface area contributed by atoms with Crippen LogP contribution in [-0.4, -0.2) is 14.0 Å². The number of halogens is 2. The zero-order chi connectivity index (χ0) is 16.5. The van der Waals surface area contributed by atoms with E-state index >= 15 is 0 Å². The first-order valence-corrected chi connectivity index (χ1v) is 9.03. The number of hydrogen-bond donors (Lipinski definition) is 1. The van der Waals surface area contributed by atoms with Gasteiger partial charge in [0.1, 0.15) is 11.6 Å². The highest BCUT2D eigenvalue weighted by atomic mass is 32.2. The van der Waals surface area contributed by atoms with Crippen molar-refractivity contribution in [2.45, 2.75) is 30.6 Å². The summed E-state index contributed by atoms with van der Waals surface area (Å²) in [5, 5.41) is 0. The Kier molecular flexibility index (Phi) is 4.21. The second-order valence-corrected chi connectivity index (χ2v) is 7.73. The third-order valence-corrected chi connectivity index (χ3v) is 5.42. The lowest BCUT2D eigenvalue weighted by Gasteiger charge is -2.18. The highest BCUT2D eigenvalue weighted by molar-refractivity contribution is 7.88. The Morgan fingerprint density at radius 2 is 1.57 bits per heavy atom. The SMILES string of the molecule is O=S(=O)(Cc1c(F)cccc1F)NC1(Cc2ccccc2)CC1. The molecule has 122 valence electrons. The Morgan fingerprint density at radius 1 is 0.957 bits per heavy atom. The molecule has 0 radical (unpaired) electrons. The molecule has 0 bridgehead atoms. The average molecular weight is 337 g/mol. The Labute approximate surface area is 134 Å². The first-order chi connectivity index (χ1) is 10.9. The van der Waals surface area contributed by atoms with Gasteiger partial charge >= 0.3 is 0 Å². The van der Waals surface area contributed by atoms with Crippen LogP contribution in [0.5, 0.6) is 0 Å². The van der Waals surface area contributed by atoms with Gasteiger partial charge in [-0.05, 0) is 37.0 Å². The van der Waals surface area contributed by atoms with Gasteiger partial charge in [-0.25, -0.2) is 21.9 Å². The van der Waals surface area contributed by atoms with Crippen LogP contribution in [0.15, 0.2) is 48.5 Å². The van der Waals surface area contributed by atoms with Crippen LogP contribution in [0.2, 0.25) is 0 Å². The van der Waals surface area contributed by atoms with Crippen LogP contribution < -0.4 is 4.72 Å². The van der Waals surface area contributed by atoms with Crippen LogP contribution in [0.25, 0.3) is 0 Å². The van der Waals surface area contributed by atoms with Crippen molar-refractivity contribution in [2.75, 3.05) is 0 Å². The molecule has 2 aromatic carbocycles. The maximum Gasteiger partial charge on any atom is 0.216 e. The molecule has 0 spiro atoms. The molecule has 2 aromatic rings. The summed E-state index contributed by atoms with van der Waals surface area (Å²) >= 11 is 0. The van der Waals surface area contributed by atoms with E-state index in [0.717, 1.165) is 30.5 Å². The molecule has 1 aliphatic carbocycles. The molecule has 0 aromatic heterocycles. The molecular formula is C17H17F2NO2S. The second kappa shape index (κ2) is 6.02. The standard InChI is InChI=1S/C17H17F2NO2S/c18-15-7-4-8-16(19)14(15)12-23(21,22)20-17(9-10-17)11-13-5-2-1-3-6-13/h1-8,20H,9-12H2. The van der Waals surface area contributed by atoms with E-state index in [9.17, 15) is 17.2 Å². The van der Waals surface area contributed by atoms with Gasteiger partial charge in [0.05, 0.1) is 5.75 Å². The van der Waals surface area contributed by atoms with Gasteiger partial charge in [-0.15, -0.1) is 0 Å². The molecule has 1 fully saturated rings. The van der Waals surface area contributed by atoms with E-state index in [1.807, 2.05) is 30.3 Å². The highest BCUT2D eigenvalue weighted by Crippen LogP contribution is 2.39. The third-order valence-electron chi connectivity index (χ3n) is 4.01. The molecule has 0 saturated heterocycles. The number of benzene rings is 2. The monoisotopic (exact) mass is 337 g/mol. The molecule has 1 saturated carbocycles. The van der Waals surface area contributed by atoms with Crippen LogP contribution in [-0.2, 0) is 22.2 Å². The number of rotatable bonds is 6. The van der Waals surface area contributed by atoms with Gasteiger partial charge in [-0.2, -0.15) is 0 Å². The summed E-state index contributed by atoms with van der Waals surface area (Å²) < 4.78 is 54.5. The predicted octanol–water partition coefficient (Wildman–Crippen LogP) is 3.16. The molecule has 0 aliphatic heterocycles. The number of sulfonamides is 1. The molecule has 1 aliphatic rings. The van der Waals surface area contributed by atoms with E-state index in [4.69, 9.17) is 0 Å². The van der Waals surface area contributed by atoms with Crippen molar-refractivity contribution >= 4 is 10.0 Å². The number of hydrogen-bond acceptors (Lipinski definition) is 2. The molecular weight excluding hydrogens is 320 g/mol. The predicted molar refractivity (Wildman–Crippen MR) is 84.2 cm³/mol. The van der Waals surface area contributed by atoms with Gasteiger partial charge in [0.2, 0.25) is 10.0 Å². The van der Waals surface area contributed by atoms with Crippen molar-refractivity contribution in [2.24, 2.45) is 0 Å². The minimum atomic E-state index is -3.82. The molecule has 3 rings (SSSR count). The summed E-state index contributed by atoms with van der Waals surface area (Å²) in [6.45, 7) is 0. The van der Waals surface area contributed by atoms with E-state index in [2.05, 4.69) is 4.72 Å². The smallest absolute Gasteiger partial charge is 0.212 e. The van der Waals surface area contributed by atoms with Gasteiger partial charge in [-0.1, -0.05) is 36.4 Å². The fourth-order valence-electron chi connectivity index (χ4n) is 2.68. The molecule has 0 atom stereocenters. The lowest BCUT2D eigenvalue weighted by molar-refractivity contribution is 0.528. The maximum absolute atomic E-state index is 13.6. The zero-order valence-corrected chi connectivity index (χ0v) is 13.2. The number of nitrogens with one attached hydrogen (secondary N) is 1. The molecule has 6 heteroatoms. The quantitative estimate of drug-likeness (QED) is 0.880. The summed E-state index contributed by atoms with van der Waals surface area (Å²) in [6, 6.07) is 12.9. The van der Waals surface area contributed by atoms with E-state index < -0.39 is 38.5 Å². The lowest BCUT2D eigenvalue weighted by Crippen LogP contribution is -2.39. The van der Waals surface area contributed by atoms with Crippen LogP contribution in [0.3, 0.4) is 0 Å². The normalized spacial score (nSPS) is 16.3. The summed E-state index contributed by atoms with van der Waals surface area (Å²) in [7, 11) is -3.82. The third kappa shape index (κ3) is 3.95. The van der Waals surface area contributed by atoms with E-state index in [1.54, 1.807) is 0 Å². The van der Waals surface area contributed by atoms with Crippen LogP contribution >= 0.6 is 0 Å². The molecule has 23 heavy (non-hydrogen) atoms. The molecule has 0 heterocycles. The molecule has 1 N–H and O–H groups in total. The van der Waals surface area contributed by atoms with Gasteiger partial charge in [-0.3, -0.25) is 0 Å². The second-order valence-electron chi connectivity index (χ2n) is 6.00. The summed E-state index contributed by atoms with van der Waals surface area (Å²) in [4.78, 5) is 0. The minimum absolute atomic E-state index is 0.421. The van der Waals surface area contributed by atoms with E-state index in [0.29, 0.717) is 6.42 Å². The van der Waals surface area contributed by atoms with E-state index in [-0.39, 0.29) is 0 Å². The first-order valence-electron chi connectivity index (χ1n) is 7.38. The van der Waals surface area contributed by atoms with Crippen molar-refractivity contribution in [3.05, 3.63) is 71.3 Å². The molecule has 0 unspecified atom stereocenters. The minimum Gasteiger partial charge on any atom is -0.212 e.